The number of aliphatic hydroxyl groups excluding tert-OH is 1. The van der Waals surface area contributed by atoms with Crippen molar-refractivity contribution in [2.45, 2.75) is 19.4 Å². The number of carbonyl (C=O) groups is 1. The van der Waals surface area contributed by atoms with Crippen LogP contribution in [0.3, 0.4) is 0 Å². The molecule has 1 aromatic carbocycles. The molecule has 1 N–H and O–H groups in total. The van der Waals surface area contributed by atoms with Crippen molar-refractivity contribution >= 4 is 5.97 Å². The van der Waals surface area contributed by atoms with Gasteiger partial charge in [0, 0.05) is 12.0 Å². The first-order valence-corrected chi connectivity index (χ1v) is 5.26. The number of rotatable bonds is 5. The van der Waals surface area contributed by atoms with Gasteiger partial charge in [0.05, 0.1) is 13.7 Å². The molecule has 0 saturated carbocycles. The highest BCUT2D eigenvalue weighted by atomic mass is 19.1. The zero-order chi connectivity index (χ0) is 12.8. The summed E-state index contributed by atoms with van der Waals surface area (Å²) in [6, 6.07) is 4.33. The van der Waals surface area contributed by atoms with Gasteiger partial charge < -0.3 is 14.6 Å². The van der Waals surface area contributed by atoms with E-state index in [-0.39, 0.29) is 18.8 Å². The van der Waals surface area contributed by atoms with E-state index in [2.05, 4.69) is 4.74 Å². The van der Waals surface area contributed by atoms with Crippen LogP contribution < -0.4 is 4.74 Å². The van der Waals surface area contributed by atoms with Gasteiger partial charge in [0.15, 0.2) is 17.7 Å². The minimum atomic E-state index is -1.31. The van der Waals surface area contributed by atoms with Gasteiger partial charge in [0.2, 0.25) is 0 Å². The Labute approximate surface area is 99.0 Å². The molecule has 0 saturated heterocycles. The van der Waals surface area contributed by atoms with E-state index in [4.69, 9.17) is 4.74 Å². The molecule has 0 aromatic heterocycles. The molecular weight excluding hydrogens is 227 g/mol. The first-order chi connectivity index (χ1) is 8.10. The Bertz CT molecular complexity index is 392. The maximum atomic E-state index is 13.3. The zero-order valence-electron chi connectivity index (χ0n) is 9.77. The normalized spacial score (nSPS) is 12.0. The Morgan fingerprint density at radius 3 is 2.82 bits per heavy atom. The summed E-state index contributed by atoms with van der Waals surface area (Å²) in [5.74, 6) is -1.21. The Morgan fingerprint density at radius 1 is 1.53 bits per heavy atom. The number of halogens is 1. The lowest BCUT2D eigenvalue weighted by Crippen LogP contribution is -2.25. The molecule has 0 heterocycles. The van der Waals surface area contributed by atoms with Crippen LogP contribution in [0.2, 0.25) is 0 Å². The molecule has 0 unspecified atom stereocenters. The van der Waals surface area contributed by atoms with E-state index in [1.807, 2.05) is 0 Å². The van der Waals surface area contributed by atoms with E-state index >= 15 is 0 Å². The van der Waals surface area contributed by atoms with Crippen LogP contribution in [0.15, 0.2) is 18.2 Å². The van der Waals surface area contributed by atoms with Crippen LogP contribution in [0, 0.1) is 5.82 Å². The number of methoxy groups -OCH3 is 1. The van der Waals surface area contributed by atoms with E-state index in [0.717, 1.165) is 0 Å². The number of esters is 1. The summed E-state index contributed by atoms with van der Waals surface area (Å²) in [6.45, 7) is 1.84. The number of hydrogen-bond acceptors (Lipinski definition) is 4. The van der Waals surface area contributed by atoms with Crippen LogP contribution in [-0.4, -0.2) is 30.9 Å². The third-order valence-electron chi connectivity index (χ3n) is 2.22. The molecule has 1 atom stereocenters. The Morgan fingerprint density at radius 2 is 2.24 bits per heavy atom. The molecule has 0 aliphatic rings. The van der Waals surface area contributed by atoms with Crippen molar-refractivity contribution in [1.29, 1.82) is 0 Å². The van der Waals surface area contributed by atoms with Crippen molar-refractivity contribution in [1.82, 2.24) is 0 Å². The van der Waals surface area contributed by atoms with Crippen molar-refractivity contribution in [3.8, 4) is 5.75 Å². The lowest BCUT2D eigenvalue weighted by Gasteiger charge is -2.12. The van der Waals surface area contributed by atoms with Gasteiger partial charge in [0.25, 0.3) is 0 Å². The van der Waals surface area contributed by atoms with Gasteiger partial charge in [-0.15, -0.1) is 0 Å². The highest BCUT2D eigenvalue weighted by Gasteiger charge is 2.19. The highest BCUT2D eigenvalue weighted by Crippen LogP contribution is 2.23. The fourth-order valence-corrected chi connectivity index (χ4v) is 1.47. The molecule has 0 amide bonds. The summed E-state index contributed by atoms with van der Waals surface area (Å²) in [7, 11) is 1.33. The average Bonchev–Trinajstić information content (AvgIpc) is 2.29. The van der Waals surface area contributed by atoms with E-state index in [1.165, 1.54) is 19.2 Å². The van der Waals surface area contributed by atoms with Gasteiger partial charge >= 0.3 is 5.97 Å². The van der Waals surface area contributed by atoms with E-state index in [1.54, 1.807) is 13.0 Å². The van der Waals surface area contributed by atoms with Crippen LogP contribution in [0.25, 0.3) is 0 Å². The standard InChI is InChI=1S/C12H15FO4/c1-3-17-12(15)10(14)7-8-5-4-6-9(13)11(8)16-2/h4-6,10,14H,3,7H2,1-2H3/t10-/m1/s1. The second kappa shape index (κ2) is 6.20. The lowest BCUT2D eigenvalue weighted by molar-refractivity contribution is -0.152. The predicted molar refractivity (Wildman–Crippen MR) is 59.3 cm³/mol. The smallest absolute Gasteiger partial charge is 0.335 e. The van der Waals surface area contributed by atoms with Crippen LogP contribution in [0.5, 0.6) is 5.75 Å². The van der Waals surface area contributed by atoms with Gasteiger partial charge in [0.1, 0.15) is 0 Å². The van der Waals surface area contributed by atoms with Crippen LogP contribution in [0.4, 0.5) is 4.39 Å². The molecule has 1 aromatic rings. The van der Waals surface area contributed by atoms with Crippen molar-refractivity contribution in [3.63, 3.8) is 0 Å². The molecule has 1 rings (SSSR count). The molecule has 0 aliphatic carbocycles. The number of carbonyl (C=O) groups excluding carboxylic acids is 1. The van der Waals surface area contributed by atoms with Crippen LogP contribution in [0.1, 0.15) is 12.5 Å². The fourth-order valence-electron chi connectivity index (χ4n) is 1.47. The minimum absolute atomic E-state index is 0.0378. The van der Waals surface area contributed by atoms with Crippen molar-refractivity contribution < 1.29 is 23.8 Å². The molecule has 0 aliphatic heterocycles. The Kier molecular flexibility index (Phi) is 4.90. The SMILES string of the molecule is CCOC(=O)[C@H](O)Cc1cccc(F)c1OC. The highest BCUT2D eigenvalue weighted by molar-refractivity contribution is 5.74. The second-order valence-electron chi connectivity index (χ2n) is 3.40. The van der Waals surface area contributed by atoms with Crippen LogP contribution >= 0.6 is 0 Å². The average molecular weight is 242 g/mol. The van der Waals surface area contributed by atoms with E-state index < -0.39 is 17.9 Å². The molecule has 0 radical (unpaired) electrons. The molecule has 5 heteroatoms. The quantitative estimate of drug-likeness (QED) is 0.791. The van der Waals surface area contributed by atoms with Gasteiger partial charge in [-0.3, -0.25) is 0 Å². The Balaban J connectivity index is 2.81. The summed E-state index contributed by atoms with van der Waals surface area (Å²) in [5.41, 5.74) is 0.424. The number of para-hydroxylation sites is 1. The second-order valence-corrected chi connectivity index (χ2v) is 3.40. The Hall–Kier alpha value is -1.62. The first kappa shape index (κ1) is 13.4. The first-order valence-electron chi connectivity index (χ1n) is 5.26. The summed E-state index contributed by atoms with van der Waals surface area (Å²) in [5, 5.41) is 9.56. The monoisotopic (exact) mass is 242 g/mol. The van der Waals surface area contributed by atoms with Gasteiger partial charge in [-0.1, -0.05) is 12.1 Å². The van der Waals surface area contributed by atoms with Gasteiger partial charge in [-0.25, -0.2) is 9.18 Å². The van der Waals surface area contributed by atoms with Crippen LogP contribution in [-0.2, 0) is 16.0 Å². The molecule has 0 fully saturated rings. The number of hydrogen-bond donors (Lipinski definition) is 1. The minimum Gasteiger partial charge on any atom is -0.493 e. The molecule has 17 heavy (non-hydrogen) atoms. The van der Waals surface area contributed by atoms with Crippen molar-refractivity contribution in [2.24, 2.45) is 0 Å². The van der Waals surface area contributed by atoms with Crippen molar-refractivity contribution in [2.75, 3.05) is 13.7 Å². The maximum absolute atomic E-state index is 13.3. The zero-order valence-corrected chi connectivity index (χ0v) is 9.77. The number of ether oxygens (including phenoxy) is 2. The lowest BCUT2D eigenvalue weighted by atomic mass is 10.1. The van der Waals surface area contributed by atoms with Gasteiger partial charge in [-0.05, 0) is 13.0 Å². The predicted octanol–water partition coefficient (Wildman–Crippen LogP) is 1.30. The summed E-state index contributed by atoms with van der Waals surface area (Å²) >= 11 is 0. The van der Waals surface area contributed by atoms with Crippen molar-refractivity contribution in [3.05, 3.63) is 29.6 Å². The third-order valence-corrected chi connectivity index (χ3v) is 2.22. The molecular formula is C12H15FO4. The largest absolute Gasteiger partial charge is 0.493 e. The third kappa shape index (κ3) is 3.42. The summed E-state index contributed by atoms with van der Waals surface area (Å²) < 4.78 is 22.9. The molecule has 94 valence electrons. The maximum Gasteiger partial charge on any atom is 0.335 e. The number of benzene rings is 1. The molecule has 4 nitrogen and oxygen atoms in total. The fraction of sp³-hybridized carbons (Fsp3) is 0.417. The van der Waals surface area contributed by atoms with E-state index in [0.29, 0.717) is 5.56 Å². The summed E-state index contributed by atoms with van der Waals surface area (Å²) in [4.78, 5) is 11.2. The van der Waals surface area contributed by atoms with E-state index in [9.17, 15) is 14.3 Å². The topological polar surface area (TPSA) is 55.8 Å². The number of aliphatic hydroxyl groups is 1. The molecule has 0 bridgehead atoms. The van der Waals surface area contributed by atoms with Gasteiger partial charge in [-0.2, -0.15) is 0 Å². The molecule has 0 spiro atoms. The summed E-state index contributed by atoms with van der Waals surface area (Å²) in [6.07, 6.45) is -1.36.